The first-order chi connectivity index (χ1) is 9.91. The van der Waals surface area contributed by atoms with Crippen LogP contribution in [0.4, 0.5) is 4.39 Å². The summed E-state index contributed by atoms with van der Waals surface area (Å²) < 4.78 is 38.8. The van der Waals surface area contributed by atoms with Crippen LogP contribution in [0.5, 0.6) is 0 Å². The van der Waals surface area contributed by atoms with Crippen LogP contribution in [0.25, 0.3) is 0 Å². The summed E-state index contributed by atoms with van der Waals surface area (Å²) in [6.45, 7) is 2.52. The highest BCUT2D eigenvalue weighted by molar-refractivity contribution is 7.89. The second-order valence-corrected chi connectivity index (χ2v) is 7.14. The van der Waals surface area contributed by atoms with Crippen LogP contribution in [0.1, 0.15) is 30.1 Å². The molecule has 0 aromatic heterocycles. The minimum absolute atomic E-state index is 0.0510. The van der Waals surface area contributed by atoms with Gasteiger partial charge in [-0.15, -0.1) is 0 Å². The molecular formula is C14H19FN2O3S. The standard InChI is InChI=1S/C14H19FN2O3S/c1-2-21(19,20)16-13-6-8-17(9-7-13)14(18)11-4-3-5-12(15)10-11/h3-5,10,13,16H,2,6-9H2,1H3. The zero-order valence-electron chi connectivity index (χ0n) is 11.9. The van der Waals surface area contributed by atoms with E-state index < -0.39 is 15.8 Å². The molecule has 1 N–H and O–H groups in total. The summed E-state index contributed by atoms with van der Waals surface area (Å²) in [5.74, 6) is -0.604. The number of carbonyl (C=O) groups excluding carboxylic acids is 1. The summed E-state index contributed by atoms with van der Waals surface area (Å²) in [7, 11) is -3.22. The van der Waals surface area contributed by atoms with Gasteiger partial charge in [0.15, 0.2) is 0 Å². The van der Waals surface area contributed by atoms with Crippen LogP contribution in [-0.2, 0) is 10.0 Å². The Morgan fingerprint density at radius 1 is 1.38 bits per heavy atom. The third-order valence-electron chi connectivity index (χ3n) is 3.58. The molecule has 0 radical (unpaired) electrons. The number of sulfonamides is 1. The van der Waals surface area contributed by atoms with Crippen LogP contribution in [0.15, 0.2) is 24.3 Å². The number of nitrogens with one attached hydrogen (secondary N) is 1. The maximum atomic E-state index is 13.1. The normalized spacial score (nSPS) is 17.0. The molecule has 1 fully saturated rings. The van der Waals surface area contributed by atoms with Crippen molar-refractivity contribution in [1.29, 1.82) is 0 Å². The summed E-state index contributed by atoms with van der Waals surface area (Å²) >= 11 is 0. The number of amides is 1. The third-order valence-corrected chi connectivity index (χ3v) is 5.03. The van der Waals surface area contributed by atoms with Gasteiger partial charge in [0, 0.05) is 24.7 Å². The van der Waals surface area contributed by atoms with Crippen molar-refractivity contribution in [2.24, 2.45) is 0 Å². The van der Waals surface area contributed by atoms with Crippen LogP contribution >= 0.6 is 0 Å². The van der Waals surface area contributed by atoms with E-state index in [-0.39, 0.29) is 17.7 Å². The quantitative estimate of drug-likeness (QED) is 0.913. The molecule has 1 aromatic carbocycles. The Balaban J connectivity index is 1.93. The van der Waals surface area contributed by atoms with Gasteiger partial charge < -0.3 is 4.90 Å². The zero-order chi connectivity index (χ0) is 15.5. The highest BCUT2D eigenvalue weighted by Gasteiger charge is 2.25. The van der Waals surface area contributed by atoms with Gasteiger partial charge in [-0.3, -0.25) is 4.79 Å². The van der Waals surface area contributed by atoms with Gasteiger partial charge in [0.25, 0.3) is 5.91 Å². The molecule has 1 aliphatic rings. The van der Waals surface area contributed by atoms with E-state index in [2.05, 4.69) is 4.72 Å². The minimum Gasteiger partial charge on any atom is -0.339 e. The second kappa shape index (κ2) is 6.53. The van der Waals surface area contributed by atoms with E-state index in [1.165, 1.54) is 18.2 Å². The fourth-order valence-corrected chi connectivity index (χ4v) is 3.25. The zero-order valence-corrected chi connectivity index (χ0v) is 12.7. The van der Waals surface area contributed by atoms with E-state index in [1.807, 2.05) is 0 Å². The van der Waals surface area contributed by atoms with Crippen molar-refractivity contribution >= 4 is 15.9 Å². The number of halogens is 1. The van der Waals surface area contributed by atoms with Crippen molar-refractivity contribution in [2.75, 3.05) is 18.8 Å². The van der Waals surface area contributed by atoms with Crippen LogP contribution in [0.3, 0.4) is 0 Å². The van der Waals surface area contributed by atoms with Crippen molar-refractivity contribution in [3.63, 3.8) is 0 Å². The Morgan fingerprint density at radius 2 is 2.05 bits per heavy atom. The Morgan fingerprint density at radius 3 is 2.62 bits per heavy atom. The molecule has 7 heteroatoms. The third kappa shape index (κ3) is 4.25. The van der Waals surface area contributed by atoms with Gasteiger partial charge in [-0.2, -0.15) is 0 Å². The van der Waals surface area contributed by atoms with Gasteiger partial charge in [0.2, 0.25) is 10.0 Å². The predicted octanol–water partition coefficient (Wildman–Crippen LogP) is 1.37. The molecule has 1 saturated heterocycles. The highest BCUT2D eigenvalue weighted by Crippen LogP contribution is 2.15. The van der Waals surface area contributed by atoms with Crippen molar-refractivity contribution in [3.8, 4) is 0 Å². The summed E-state index contributed by atoms with van der Waals surface area (Å²) in [5, 5.41) is 0. The topological polar surface area (TPSA) is 66.5 Å². The Bertz CT molecular complexity index is 610. The van der Waals surface area contributed by atoms with Gasteiger partial charge in [-0.25, -0.2) is 17.5 Å². The Hall–Kier alpha value is -1.47. The minimum atomic E-state index is -3.22. The number of hydrogen-bond acceptors (Lipinski definition) is 3. The van der Waals surface area contributed by atoms with E-state index in [9.17, 15) is 17.6 Å². The van der Waals surface area contributed by atoms with Gasteiger partial charge in [-0.1, -0.05) is 6.07 Å². The summed E-state index contributed by atoms with van der Waals surface area (Å²) in [5.41, 5.74) is 0.322. The summed E-state index contributed by atoms with van der Waals surface area (Å²) in [6.07, 6.45) is 1.14. The van der Waals surface area contributed by atoms with Gasteiger partial charge >= 0.3 is 0 Å². The highest BCUT2D eigenvalue weighted by atomic mass is 32.2. The second-order valence-electron chi connectivity index (χ2n) is 5.10. The lowest BCUT2D eigenvalue weighted by Gasteiger charge is -2.32. The van der Waals surface area contributed by atoms with Crippen LogP contribution < -0.4 is 4.72 Å². The molecule has 2 rings (SSSR count). The molecule has 1 heterocycles. The lowest BCUT2D eigenvalue weighted by atomic mass is 10.0. The first-order valence-electron chi connectivity index (χ1n) is 6.96. The van der Waals surface area contributed by atoms with Gasteiger partial charge in [-0.05, 0) is 38.0 Å². The van der Waals surface area contributed by atoms with Gasteiger partial charge in [0.1, 0.15) is 5.82 Å². The monoisotopic (exact) mass is 314 g/mol. The number of benzene rings is 1. The van der Waals surface area contributed by atoms with Gasteiger partial charge in [0.05, 0.1) is 5.75 Å². The van der Waals surface area contributed by atoms with Crippen molar-refractivity contribution in [2.45, 2.75) is 25.8 Å². The molecule has 21 heavy (non-hydrogen) atoms. The average molecular weight is 314 g/mol. The van der Waals surface area contributed by atoms with Crippen LogP contribution in [0, 0.1) is 5.82 Å². The smallest absolute Gasteiger partial charge is 0.253 e. The van der Waals surface area contributed by atoms with Crippen molar-refractivity contribution in [1.82, 2.24) is 9.62 Å². The number of piperidine rings is 1. The number of likely N-dealkylation sites (tertiary alicyclic amines) is 1. The molecule has 0 atom stereocenters. The lowest BCUT2D eigenvalue weighted by molar-refractivity contribution is 0.0711. The maximum absolute atomic E-state index is 13.1. The number of hydrogen-bond donors (Lipinski definition) is 1. The molecule has 5 nitrogen and oxygen atoms in total. The lowest BCUT2D eigenvalue weighted by Crippen LogP contribution is -2.46. The molecule has 0 unspecified atom stereocenters. The van der Waals surface area contributed by atoms with E-state index in [0.717, 1.165) is 0 Å². The largest absolute Gasteiger partial charge is 0.339 e. The summed E-state index contributed by atoms with van der Waals surface area (Å²) in [4.78, 5) is 13.9. The molecule has 0 aliphatic carbocycles. The van der Waals surface area contributed by atoms with E-state index in [0.29, 0.717) is 31.5 Å². The van der Waals surface area contributed by atoms with E-state index >= 15 is 0 Å². The summed E-state index contributed by atoms with van der Waals surface area (Å²) in [6, 6.07) is 5.46. The number of carbonyl (C=O) groups is 1. The molecule has 116 valence electrons. The van der Waals surface area contributed by atoms with Crippen LogP contribution in [0.2, 0.25) is 0 Å². The number of rotatable bonds is 4. The SMILES string of the molecule is CCS(=O)(=O)NC1CCN(C(=O)c2cccc(F)c2)CC1. The van der Waals surface area contributed by atoms with Crippen molar-refractivity contribution < 1.29 is 17.6 Å². The molecule has 0 saturated carbocycles. The van der Waals surface area contributed by atoms with Crippen LogP contribution in [-0.4, -0.2) is 44.1 Å². The fraction of sp³-hybridized carbons (Fsp3) is 0.500. The van der Waals surface area contributed by atoms with E-state index in [1.54, 1.807) is 17.9 Å². The van der Waals surface area contributed by atoms with E-state index in [4.69, 9.17) is 0 Å². The average Bonchev–Trinajstić information content (AvgIpc) is 2.47. The first-order valence-corrected chi connectivity index (χ1v) is 8.61. The molecule has 1 aliphatic heterocycles. The molecule has 0 spiro atoms. The Labute approximate surface area is 124 Å². The first kappa shape index (κ1) is 15.9. The molecule has 1 amide bonds. The fourth-order valence-electron chi connectivity index (χ4n) is 2.34. The molecule has 0 bridgehead atoms. The van der Waals surface area contributed by atoms with Crippen molar-refractivity contribution in [3.05, 3.63) is 35.6 Å². The number of nitrogens with zero attached hydrogens (tertiary/aromatic N) is 1. The maximum Gasteiger partial charge on any atom is 0.253 e. The molecular weight excluding hydrogens is 295 g/mol. The predicted molar refractivity (Wildman–Crippen MR) is 77.9 cm³/mol. The Kier molecular flexibility index (Phi) is 4.95. The molecule has 1 aromatic rings.